The molecule has 3 aromatic rings. The molecule has 1 saturated heterocycles. The second kappa shape index (κ2) is 5.34. The molecule has 4 heterocycles. The van der Waals surface area contributed by atoms with Gasteiger partial charge in [-0.2, -0.15) is 4.98 Å². The minimum absolute atomic E-state index is 0. The van der Waals surface area contributed by atoms with Crippen LogP contribution in [-0.2, 0) is 4.74 Å². The fourth-order valence-electron chi connectivity index (χ4n) is 2.47. The van der Waals surface area contributed by atoms with Gasteiger partial charge in [-0.3, -0.25) is 0 Å². The van der Waals surface area contributed by atoms with Crippen LogP contribution in [0.3, 0.4) is 0 Å². The van der Waals surface area contributed by atoms with Crippen LogP contribution in [0, 0.1) is 0 Å². The molecule has 1 fully saturated rings. The summed E-state index contributed by atoms with van der Waals surface area (Å²) in [5.41, 5.74) is 7.74. The molecule has 3 aromatic heterocycles. The summed E-state index contributed by atoms with van der Waals surface area (Å²) in [6.45, 7) is 2.86. The van der Waals surface area contributed by atoms with Crippen molar-refractivity contribution in [3.8, 4) is 0 Å². The van der Waals surface area contributed by atoms with Gasteiger partial charge < -0.3 is 19.8 Å². The van der Waals surface area contributed by atoms with Crippen molar-refractivity contribution >= 4 is 46.4 Å². The summed E-state index contributed by atoms with van der Waals surface area (Å²) in [7, 11) is 0. The molecule has 1 aliphatic rings. The minimum Gasteiger partial charge on any atom is -0.432 e. The number of halogens is 1. The molecular formula is C13H14ClN5O2. The Balaban J connectivity index is 0.00000132. The maximum absolute atomic E-state index is 5.84. The first kappa shape index (κ1) is 13.8. The number of aromatic nitrogens is 3. The smallest absolute Gasteiger partial charge is 0.229 e. The van der Waals surface area contributed by atoms with Gasteiger partial charge in [0.25, 0.3) is 0 Å². The molecule has 110 valence electrons. The number of pyridine rings is 1. The molecule has 0 aromatic carbocycles. The van der Waals surface area contributed by atoms with Gasteiger partial charge in [-0.15, -0.1) is 12.4 Å². The summed E-state index contributed by atoms with van der Waals surface area (Å²) in [4.78, 5) is 14.9. The van der Waals surface area contributed by atoms with Crippen LogP contribution < -0.4 is 10.6 Å². The van der Waals surface area contributed by atoms with Crippen molar-refractivity contribution in [1.82, 2.24) is 15.0 Å². The van der Waals surface area contributed by atoms with Crippen LogP contribution in [0.4, 0.5) is 11.8 Å². The Morgan fingerprint density at radius 3 is 2.81 bits per heavy atom. The molecule has 8 heteroatoms. The number of furan rings is 1. The zero-order chi connectivity index (χ0) is 13.5. The van der Waals surface area contributed by atoms with E-state index in [0.29, 0.717) is 35.8 Å². The van der Waals surface area contributed by atoms with Crippen LogP contribution >= 0.6 is 12.4 Å². The Bertz CT molecular complexity index is 785. The first-order chi connectivity index (χ1) is 9.83. The van der Waals surface area contributed by atoms with Gasteiger partial charge in [0, 0.05) is 19.3 Å². The fraction of sp³-hybridized carbons (Fsp3) is 0.308. The van der Waals surface area contributed by atoms with Crippen LogP contribution in [0.2, 0.25) is 0 Å². The monoisotopic (exact) mass is 307 g/mol. The van der Waals surface area contributed by atoms with Gasteiger partial charge >= 0.3 is 0 Å². The standard InChI is InChI=1S/C13H13N5O2.ClH/c14-13-16-9-8-2-1-3-15-12(8)20-10(9)11(17-13)18-4-6-19-7-5-18;/h1-3H,4-7H2,(H2,14,16,17);1H. The number of morpholine rings is 1. The minimum atomic E-state index is 0. The lowest BCUT2D eigenvalue weighted by atomic mass is 10.3. The predicted octanol–water partition coefficient (Wildman–Crippen LogP) is 1.61. The molecule has 0 bridgehead atoms. The predicted molar refractivity (Wildman–Crippen MR) is 81.8 cm³/mol. The number of hydrogen-bond acceptors (Lipinski definition) is 7. The fourth-order valence-corrected chi connectivity index (χ4v) is 2.47. The van der Waals surface area contributed by atoms with Gasteiger partial charge in [0.05, 0.1) is 18.6 Å². The number of rotatable bonds is 1. The second-order valence-corrected chi connectivity index (χ2v) is 4.64. The number of ether oxygens (including phenoxy) is 1. The third kappa shape index (κ3) is 2.24. The van der Waals surface area contributed by atoms with E-state index in [2.05, 4.69) is 19.9 Å². The number of anilines is 2. The highest BCUT2D eigenvalue weighted by atomic mass is 35.5. The van der Waals surface area contributed by atoms with E-state index < -0.39 is 0 Å². The molecule has 7 nitrogen and oxygen atoms in total. The summed E-state index contributed by atoms with van der Waals surface area (Å²) in [6.07, 6.45) is 1.69. The average molecular weight is 308 g/mol. The Morgan fingerprint density at radius 2 is 2.00 bits per heavy atom. The SMILES string of the molecule is Cl.Nc1nc(N2CCOCC2)c2oc3ncccc3c2n1. The maximum atomic E-state index is 5.84. The Labute approximate surface area is 126 Å². The van der Waals surface area contributed by atoms with Gasteiger partial charge in [0.15, 0.2) is 11.4 Å². The van der Waals surface area contributed by atoms with E-state index in [9.17, 15) is 0 Å². The highest BCUT2D eigenvalue weighted by Gasteiger charge is 2.21. The van der Waals surface area contributed by atoms with Gasteiger partial charge in [-0.1, -0.05) is 0 Å². The first-order valence-electron chi connectivity index (χ1n) is 6.46. The number of nitrogens with two attached hydrogens (primary N) is 1. The zero-order valence-electron chi connectivity index (χ0n) is 11.2. The van der Waals surface area contributed by atoms with E-state index in [4.69, 9.17) is 14.9 Å². The molecule has 0 aliphatic carbocycles. The van der Waals surface area contributed by atoms with E-state index in [1.807, 2.05) is 12.1 Å². The molecule has 0 unspecified atom stereocenters. The van der Waals surface area contributed by atoms with Crippen LogP contribution in [0.15, 0.2) is 22.7 Å². The third-order valence-corrected chi connectivity index (χ3v) is 3.40. The maximum Gasteiger partial charge on any atom is 0.229 e. The molecule has 0 radical (unpaired) electrons. The van der Waals surface area contributed by atoms with Crippen molar-refractivity contribution in [1.29, 1.82) is 0 Å². The van der Waals surface area contributed by atoms with Crippen LogP contribution in [0.5, 0.6) is 0 Å². The Kier molecular flexibility index (Phi) is 3.52. The van der Waals surface area contributed by atoms with Crippen molar-refractivity contribution in [2.24, 2.45) is 0 Å². The molecule has 1 aliphatic heterocycles. The van der Waals surface area contributed by atoms with Gasteiger partial charge in [-0.25, -0.2) is 9.97 Å². The van der Waals surface area contributed by atoms with Crippen molar-refractivity contribution in [3.05, 3.63) is 18.3 Å². The summed E-state index contributed by atoms with van der Waals surface area (Å²) in [6, 6.07) is 3.77. The number of hydrogen-bond donors (Lipinski definition) is 1. The zero-order valence-corrected chi connectivity index (χ0v) is 12.0. The highest BCUT2D eigenvalue weighted by molar-refractivity contribution is 6.04. The van der Waals surface area contributed by atoms with Crippen molar-refractivity contribution in [2.45, 2.75) is 0 Å². The molecule has 0 atom stereocenters. The van der Waals surface area contributed by atoms with Crippen molar-refractivity contribution in [3.63, 3.8) is 0 Å². The normalized spacial score (nSPS) is 15.3. The summed E-state index contributed by atoms with van der Waals surface area (Å²) < 4.78 is 11.2. The van der Waals surface area contributed by atoms with E-state index >= 15 is 0 Å². The number of fused-ring (bicyclic) bond motifs is 3. The largest absolute Gasteiger partial charge is 0.432 e. The van der Waals surface area contributed by atoms with Gasteiger partial charge in [0.1, 0.15) is 5.52 Å². The molecule has 0 saturated carbocycles. The average Bonchev–Trinajstić information content (AvgIpc) is 2.86. The van der Waals surface area contributed by atoms with Crippen LogP contribution in [0.25, 0.3) is 22.2 Å². The summed E-state index contributed by atoms with van der Waals surface area (Å²) >= 11 is 0. The lowest BCUT2D eigenvalue weighted by Crippen LogP contribution is -2.37. The van der Waals surface area contributed by atoms with Crippen LogP contribution in [0.1, 0.15) is 0 Å². The molecular weight excluding hydrogens is 294 g/mol. The Hall–Kier alpha value is -2.12. The second-order valence-electron chi connectivity index (χ2n) is 4.64. The number of nitrogen functional groups attached to an aromatic ring is 1. The van der Waals surface area contributed by atoms with E-state index in [1.54, 1.807) is 6.20 Å². The molecule has 2 N–H and O–H groups in total. The van der Waals surface area contributed by atoms with E-state index in [-0.39, 0.29) is 18.4 Å². The number of nitrogens with zero attached hydrogens (tertiary/aromatic N) is 4. The topological polar surface area (TPSA) is 90.3 Å². The molecule has 0 spiro atoms. The van der Waals surface area contributed by atoms with Gasteiger partial charge in [-0.05, 0) is 12.1 Å². The third-order valence-electron chi connectivity index (χ3n) is 3.40. The van der Waals surface area contributed by atoms with E-state index in [1.165, 1.54) is 0 Å². The molecule has 4 rings (SSSR count). The lowest BCUT2D eigenvalue weighted by molar-refractivity contribution is 0.122. The lowest BCUT2D eigenvalue weighted by Gasteiger charge is -2.27. The van der Waals surface area contributed by atoms with E-state index in [0.717, 1.165) is 18.5 Å². The first-order valence-corrected chi connectivity index (χ1v) is 6.46. The summed E-state index contributed by atoms with van der Waals surface area (Å²) in [5.74, 6) is 0.958. The quantitative estimate of drug-likeness (QED) is 0.730. The highest BCUT2D eigenvalue weighted by Crippen LogP contribution is 2.32. The summed E-state index contributed by atoms with van der Waals surface area (Å²) in [5, 5.41) is 0.853. The van der Waals surface area contributed by atoms with Crippen LogP contribution in [-0.4, -0.2) is 41.3 Å². The van der Waals surface area contributed by atoms with Crippen molar-refractivity contribution < 1.29 is 9.15 Å². The van der Waals surface area contributed by atoms with Crippen molar-refractivity contribution in [2.75, 3.05) is 36.9 Å². The molecule has 21 heavy (non-hydrogen) atoms. The van der Waals surface area contributed by atoms with Gasteiger partial charge in [0.2, 0.25) is 11.7 Å². The Morgan fingerprint density at radius 1 is 1.19 bits per heavy atom. The molecule has 0 amide bonds.